The van der Waals surface area contributed by atoms with Gasteiger partial charge in [0.15, 0.2) is 0 Å². The topological polar surface area (TPSA) is 124 Å². The van der Waals surface area contributed by atoms with Crippen LogP contribution in [0.25, 0.3) is 0 Å². The van der Waals surface area contributed by atoms with E-state index in [4.69, 9.17) is 14.3 Å². The number of hydrogen-bond donors (Lipinski definition) is 4. The van der Waals surface area contributed by atoms with Crippen LogP contribution in [0.15, 0.2) is 0 Å². The quantitative estimate of drug-likeness (QED) is 0.299. The molecule has 56 valence electrons. The Morgan fingerprint density at radius 2 is 1.67 bits per heavy atom. The minimum atomic E-state index is -4.88. The molecule has 9 heteroatoms. The van der Waals surface area contributed by atoms with Crippen molar-refractivity contribution in [3.63, 3.8) is 0 Å². The molecule has 0 amide bonds. The van der Waals surface area contributed by atoms with E-state index < -0.39 is 18.1 Å². The van der Waals surface area contributed by atoms with Crippen LogP contribution in [0.5, 0.6) is 0 Å². The summed E-state index contributed by atoms with van der Waals surface area (Å²) in [5.41, 5.74) is 0. The molecule has 0 fully saturated rings. The zero-order valence-corrected chi connectivity index (χ0v) is 5.63. The molecule has 0 rings (SSSR count). The van der Waals surface area contributed by atoms with Crippen LogP contribution in [0.4, 0.5) is 0 Å². The Hall–Kier alpha value is 0.0200. The third-order valence-electron chi connectivity index (χ3n) is 0.234. The molecule has 9 heavy (non-hydrogen) atoms. The smallest absolute Gasteiger partial charge is 0.312 e. The zero-order chi connectivity index (χ0) is 7.71. The lowest BCUT2D eigenvalue weighted by Gasteiger charge is -1.99. The molecule has 0 aromatic carbocycles. The molecule has 0 heterocycles. The highest BCUT2D eigenvalue weighted by atomic mass is 32.2. The second-order valence-electron chi connectivity index (χ2n) is 1.11. The molecule has 0 bridgehead atoms. The van der Waals surface area contributed by atoms with Crippen molar-refractivity contribution in [3.8, 4) is 0 Å². The van der Waals surface area contributed by atoms with E-state index in [2.05, 4.69) is 0 Å². The molecule has 0 aliphatic rings. The van der Waals surface area contributed by atoms with Crippen molar-refractivity contribution < 1.29 is 27.3 Å². The van der Waals surface area contributed by atoms with Gasteiger partial charge < -0.3 is 9.79 Å². The van der Waals surface area contributed by atoms with Crippen LogP contribution in [-0.4, -0.2) is 22.8 Å². The van der Waals surface area contributed by atoms with Crippen LogP contribution < -0.4 is 4.49 Å². The summed E-state index contributed by atoms with van der Waals surface area (Å²) in [5.74, 6) is 0. The summed E-state index contributed by atoms with van der Waals surface area (Å²) >= 11 is 0. The maximum absolute atomic E-state index is 9.69. The Labute approximate surface area is 50.8 Å². The largest absolute Gasteiger partial charge is 0.415 e. The first-order chi connectivity index (χ1) is 3.71. The normalized spacial score (nSPS) is 13.7. The molecule has 7 nitrogen and oxygen atoms in total. The fraction of sp³-hybridized carbons (Fsp3) is 0. The SMILES string of the molecule is O=P(O)(O)NS(=O)(=O)O. The van der Waals surface area contributed by atoms with E-state index in [1.807, 2.05) is 0 Å². The Balaban J connectivity index is 4.26. The maximum Gasteiger partial charge on any atom is 0.415 e. The molecule has 0 aromatic heterocycles. The van der Waals surface area contributed by atoms with Crippen LogP contribution in [0.1, 0.15) is 0 Å². The van der Waals surface area contributed by atoms with Crippen LogP contribution in [-0.2, 0) is 14.9 Å². The summed E-state index contributed by atoms with van der Waals surface area (Å²) < 4.78 is 37.3. The molecule has 0 atom stereocenters. The summed E-state index contributed by atoms with van der Waals surface area (Å²) in [6.45, 7) is 0. The molecular formula is H4NO6PS. The predicted molar refractivity (Wildman–Crippen MR) is 26.7 cm³/mol. The maximum atomic E-state index is 9.69. The van der Waals surface area contributed by atoms with Gasteiger partial charge in [-0.15, -0.1) is 0 Å². The molecule has 0 spiro atoms. The van der Waals surface area contributed by atoms with Gasteiger partial charge in [0.05, 0.1) is 0 Å². The second-order valence-corrected chi connectivity index (χ2v) is 3.88. The van der Waals surface area contributed by atoms with Gasteiger partial charge in [-0.2, -0.15) is 8.42 Å². The van der Waals surface area contributed by atoms with Crippen LogP contribution in [0.2, 0.25) is 0 Å². The Kier molecular flexibility index (Phi) is 2.34. The van der Waals surface area contributed by atoms with E-state index >= 15 is 0 Å². The first-order valence-corrected chi connectivity index (χ1v) is 4.58. The zero-order valence-electron chi connectivity index (χ0n) is 3.92. The minimum Gasteiger partial charge on any atom is -0.312 e. The van der Waals surface area contributed by atoms with Crippen molar-refractivity contribution in [1.82, 2.24) is 4.49 Å². The summed E-state index contributed by atoms with van der Waals surface area (Å²) in [6.07, 6.45) is 0. The van der Waals surface area contributed by atoms with Gasteiger partial charge in [0.25, 0.3) is 0 Å². The second kappa shape index (κ2) is 2.33. The molecule has 0 saturated carbocycles. The van der Waals surface area contributed by atoms with Gasteiger partial charge in [-0.25, -0.2) is 4.57 Å². The fourth-order valence-electron chi connectivity index (χ4n) is 0.150. The van der Waals surface area contributed by atoms with Gasteiger partial charge in [-0.05, 0) is 0 Å². The van der Waals surface area contributed by atoms with Gasteiger partial charge in [0.2, 0.25) is 0 Å². The Morgan fingerprint density at radius 3 is 1.67 bits per heavy atom. The summed E-state index contributed by atoms with van der Waals surface area (Å²) in [5, 5.41) is 0. The molecule has 0 aliphatic heterocycles. The highest BCUT2D eigenvalue weighted by molar-refractivity contribution is 7.89. The first kappa shape index (κ1) is 9.02. The van der Waals surface area contributed by atoms with Gasteiger partial charge in [0, 0.05) is 0 Å². The van der Waals surface area contributed by atoms with Crippen LogP contribution >= 0.6 is 7.75 Å². The van der Waals surface area contributed by atoms with Gasteiger partial charge in [0.1, 0.15) is 0 Å². The molecule has 4 N–H and O–H groups in total. The van der Waals surface area contributed by atoms with Crippen molar-refractivity contribution >= 4 is 18.1 Å². The van der Waals surface area contributed by atoms with E-state index in [-0.39, 0.29) is 0 Å². The summed E-state index contributed by atoms with van der Waals surface area (Å²) in [7, 11) is -9.67. The average Bonchev–Trinajstić information content (AvgIpc) is 1.14. The molecular weight excluding hydrogens is 173 g/mol. The summed E-state index contributed by atoms with van der Waals surface area (Å²) in [4.78, 5) is 15.6. The molecule has 0 aromatic rings. The number of hydrogen-bond acceptors (Lipinski definition) is 3. The van der Waals surface area contributed by atoms with E-state index in [0.717, 1.165) is 0 Å². The standard InChI is InChI=1S/H4NO6PS/c2-8(3,4)1-9(5,6)7/h(H,5,6,7)(H3,1,2,3,4). The number of nitrogens with one attached hydrogen (secondary N) is 1. The van der Waals surface area contributed by atoms with Crippen molar-refractivity contribution in [2.75, 3.05) is 0 Å². The average molecular weight is 177 g/mol. The van der Waals surface area contributed by atoms with Crippen molar-refractivity contribution in [1.29, 1.82) is 0 Å². The van der Waals surface area contributed by atoms with E-state index in [9.17, 15) is 13.0 Å². The molecule has 0 saturated heterocycles. The van der Waals surface area contributed by atoms with Crippen molar-refractivity contribution in [2.45, 2.75) is 0 Å². The Bertz CT molecular complexity index is 219. The minimum absolute atomic E-state index is 0.653. The highest BCUT2D eigenvalue weighted by Gasteiger charge is 2.19. The third kappa shape index (κ3) is 8.02. The van der Waals surface area contributed by atoms with Crippen molar-refractivity contribution in [3.05, 3.63) is 0 Å². The van der Waals surface area contributed by atoms with Gasteiger partial charge >= 0.3 is 18.1 Å². The first-order valence-electron chi connectivity index (χ1n) is 1.53. The van der Waals surface area contributed by atoms with Gasteiger partial charge in [-0.1, -0.05) is 4.49 Å². The monoisotopic (exact) mass is 177 g/mol. The van der Waals surface area contributed by atoms with Crippen LogP contribution in [0, 0.1) is 0 Å². The fourth-order valence-corrected chi connectivity index (χ4v) is 1.35. The van der Waals surface area contributed by atoms with Crippen molar-refractivity contribution in [2.24, 2.45) is 0 Å². The highest BCUT2D eigenvalue weighted by Crippen LogP contribution is 2.28. The lowest BCUT2D eigenvalue weighted by atomic mass is 13.9. The third-order valence-corrected chi connectivity index (χ3v) is 2.11. The lowest BCUT2D eigenvalue weighted by molar-refractivity contribution is 0.364. The molecule has 0 radical (unpaired) electrons. The predicted octanol–water partition coefficient (Wildman–Crippen LogP) is -1.53. The lowest BCUT2D eigenvalue weighted by Crippen LogP contribution is -2.18. The molecule has 0 aliphatic carbocycles. The van der Waals surface area contributed by atoms with Gasteiger partial charge in [-0.3, -0.25) is 4.55 Å². The molecule has 0 unspecified atom stereocenters. The van der Waals surface area contributed by atoms with Crippen LogP contribution in [0.3, 0.4) is 0 Å². The van der Waals surface area contributed by atoms with E-state index in [0.29, 0.717) is 4.49 Å². The Morgan fingerprint density at radius 1 is 1.33 bits per heavy atom. The number of rotatable bonds is 2. The summed E-state index contributed by atoms with van der Waals surface area (Å²) in [6, 6.07) is 0. The van der Waals surface area contributed by atoms with E-state index in [1.54, 1.807) is 0 Å². The van der Waals surface area contributed by atoms with E-state index in [1.165, 1.54) is 0 Å².